The van der Waals surface area contributed by atoms with Gasteiger partial charge in [-0.05, 0) is 24.3 Å². The molecule has 0 saturated heterocycles. The van der Waals surface area contributed by atoms with Gasteiger partial charge >= 0.3 is 0 Å². The fraction of sp³-hybridized carbons (Fsp3) is 0. The first-order valence-electron chi connectivity index (χ1n) is 5.47. The third-order valence-electron chi connectivity index (χ3n) is 2.78. The number of aromatic nitrogens is 2. The van der Waals surface area contributed by atoms with Gasteiger partial charge in [0.25, 0.3) is 0 Å². The van der Waals surface area contributed by atoms with Crippen molar-refractivity contribution in [2.24, 2.45) is 0 Å². The molecule has 0 atom stereocenters. The van der Waals surface area contributed by atoms with Gasteiger partial charge in [0, 0.05) is 22.4 Å². The molecule has 0 amide bonds. The Labute approximate surface area is 112 Å². The molecule has 0 aliphatic heterocycles. The van der Waals surface area contributed by atoms with Crippen molar-refractivity contribution in [1.82, 2.24) is 9.38 Å². The molecule has 0 aliphatic carbocycles. The number of fused-ring (bicyclic) bond motifs is 1. The molecular weight excluding hydrogens is 292 g/mol. The summed E-state index contributed by atoms with van der Waals surface area (Å²) in [7, 11) is 0. The van der Waals surface area contributed by atoms with Gasteiger partial charge in [-0.3, -0.25) is 4.79 Å². The Balaban J connectivity index is 2.19. The number of nitrogens with zero attached hydrogens (tertiary/aromatic N) is 2. The second kappa shape index (κ2) is 4.38. The van der Waals surface area contributed by atoms with Crippen molar-refractivity contribution in [3.05, 3.63) is 58.8 Å². The molecule has 0 saturated carbocycles. The van der Waals surface area contributed by atoms with Crippen molar-refractivity contribution >= 4 is 27.9 Å². The third-order valence-corrected chi connectivity index (χ3v) is 3.31. The van der Waals surface area contributed by atoms with E-state index in [-0.39, 0.29) is 0 Å². The third kappa shape index (κ3) is 1.84. The second-order valence-electron chi connectivity index (χ2n) is 3.95. The van der Waals surface area contributed by atoms with Crippen LogP contribution in [0, 0.1) is 0 Å². The number of aldehydes is 1. The summed E-state index contributed by atoms with van der Waals surface area (Å²) >= 11 is 3.40. The number of hydrogen-bond acceptors (Lipinski definition) is 2. The Hall–Kier alpha value is -1.94. The van der Waals surface area contributed by atoms with Crippen LogP contribution in [0.1, 0.15) is 10.4 Å². The maximum absolute atomic E-state index is 11.0. The molecule has 0 aliphatic rings. The van der Waals surface area contributed by atoms with E-state index in [4.69, 9.17) is 0 Å². The molecule has 1 aromatic carbocycles. The number of pyridine rings is 1. The van der Waals surface area contributed by atoms with E-state index in [1.165, 1.54) is 0 Å². The zero-order valence-electron chi connectivity index (χ0n) is 9.38. The van der Waals surface area contributed by atoms with Gasteiger partial charge in [-0.2, -0.15) is 0 Å². The molecule has 3 aromatic rings. The van der Waals surface area contributed by atoms with Crippen molar-refractivity contribution in [2.75, 3.05) is 0 Å². The maximum Gasteiger partial charge on any atom is 0.153 e. The van der Waals surface area contributed by atoms with E-state index in [2.05, 4.69) is 20.9 Å². The van der Waals surface area contributed by atoms with Crippen molar-refractivity contribution in [3.8, 4) is 11.3 Å². The quantitative estimate of drug-likeness (QED) is 0.678. The van der Waals surface area contributed by atoms with Crippen LogP contribution in [0.5, 0.6) is 0 Å². The summed E-state index contributed by atoms with van der Waals surface area (Å²) in [6.07, 6.45) is 4.64. The van der Waals surface area contributed by atoms with E-state index in [1.54, 1.807) is 6.07 Å². The number of carbonyl (C=O) groups is 1. The number of carbonyl (C=O) groups excluding carboxylic acids is 1. The van der Waals surface area contributed by atoms with Gasteiger partial charge in [-0.1, -0.05) is 28.1 Å². The van der Waals surface area contributed by atoms with E-state index in [0.717, 1.165) is 22.0 Å². The van der Waals surface area contributed by atoms with Crippen molar-refractivity contribution in [2.45, 2.75) is 0 Å². The molecule has 0 spiro atoms. The molecule has 88 valence electrons. The minimum absolute atomic E-state index is 0.598. The van der Waals surface area contributed by atoms with Gasteiger partial charge in [0.15, 0.2) is 6.29 Å². The summed E-state index contributed by atoms with van der Waals surface area (Å²) in [6, 6.07) is 11.5. The smallest absolute Gasteiger partial charge is 0.153 e. The Morgan fingerprint density at radius 3 is 2.67 bits per heavy atom. The van der Waals surface area contributed by atoms with Crippen LogP contribution in [0.3, 0.4) is 0 Å². The van der Waals surface area contributed by atoms with E-state index in [9.17, 15) is 4.79 Å². The number of hydrogen-bond donors (Lipinski definition) is 0. The number of halogens is 1. The summed E-state index contributed by atoms with van der Waals surface area (Å²) < 4.78 is 2.89. The lowest BCUT2D eigenvalue weighted by molar-refractivity contribution is 0.112. The fourth-order valence-corrected chi connectivity index (χ4v) is 2.15. The minimum Gasteiger partial charge on any atom is -0.306 e. The largest absolute Gasteiger partial charge is 0.306 e. The Bertz CT molecular complexity index is 716. The Morgan fingerprint density at radius 1 is 1.17 bits per heavy atom. The standard InChI is InChI=1S/C14H9BrN2O/c15-12-5-3-10(4-6-12)13-8-17-7-1-2-11(9-18)14(17)16-13/h1-9H. The van der Waals surface area contributed by atoms with Crippen molar-refractivity contribution in [3.63, 3.8) is 0 Å². The molecule has 0 bridgehead atoms. The summed E-state index contributed by atoms with van der Waals surface area (Å²) in [5.74, 6) is 0. The maximum atomic E-state index is 11.0. The lowest BCUT2D eigenvalue weighted by atomic mass is 10.2. The Morgan fingerprint density at radius 2 is 1.94 bits per heavy atom. The van der Waals surface area contributed by atoms with Crippen molar-refractivity contribution < 1.29 is 4.79 Å². The van der Waals surface area contributed by atoms with Gasteiger partial charge in [0.2, 0.25) is 0 Å². The first-order valence-corrected chi connectivity index (χ1v) is 6.26. The zero-order valence-corrected chi connectivity index (χ0v) is 11.0. The summed E-state index contributed by atoms with van der Waals surface area (Å²) in [5.41, 5.74) is 3.17. The molecule has 0 fully saturated rings. The highest BCUT2D eigenvalue weighted by Gasteiger charge is 2.07. The van der Waals surface area contributed by atoms with Gasteiger partial charge in [0.1, 0.15) is 5.65 Å². The summed E-state index contributed by atoms with van der Waals surface area (Å²) in [5, 5.41) is 0. The monoisotopic (exact) mass is 300 g/mol. The Kier molecular flexibility index (Phi) is 2.72. The summed E-state index contributed by atoms with van der Waals surface area (Å²) in [6.45, 7) is 0. The van der Waals surface area contributed by atoms with Crippen LogP contribution in [0.4, 0.5) is 0 Å². The predicted molar refractivity (Wildman–Crippen MR) is 73.7 cm³/mol. The number of imidazole rings is 1. The molecular formula is C14H9BrN2O. The minimum atomic E-state index is 0.598. The average molecular weight is 301 g/mol. The molecule has 0 radical (unpaired) electrons. The lowest BCUT2D eigenvalue weighted by Crippen LogP contribution is -1.88. The molecule has 2 aromatic heterocycles. The molecule has 3 rings (SSSR count). The SMILES string of the molecule is O=Cc1cccn2cc(-c3ccc(Br)cc3)nc12. The van der Waals surface area contributed by atoms with Gasteiger partial charge in [0.05, 0.1) is 11.3 Å². The number of rotatable bonds is 2. The van der Waals surface area contributed by atoms with Crippen LogP contribution < -0.4 is 0 Å². The van der Waals surface area contributed by atoms with Crippen LogP contribution >= 0.6 is 15.9 Å². The highest BCUT2D eigenvalue weighted by Crippen LogP contribution is 2.22. The zero-order chi connectivity index (χ0) is 12.5. The van der Waals surface area contributed by atoms with Crippen LogP contribution in [-0.2, 0) is 0 Å². The highest BCUT2D eigenvalue weighted by atomic mass is 79.9. The van der Waals surface area contributed by atoms with E-state index < -0.39 is 0 Å². The molecule has 3 nitrogen and oxygen atoms in total. The molecule has 0 unspecified atom stereocenters. The van der Waals surface area contributed by atoms with Gasteiger partial charge < -0.3 is 4.40 Å². The lowest BCUT2D eigenvalue weighted by Gasteiger charge is -1.95. The normalized spacial score (nSPS) is 10.7. The summed E-state index contributed by atoms with van der Waals surface area (Å²) in [4.78, 5) is 15.5. The van der Waals surface area contributed by atoms with Gasteiger partial charge in [-0.25, -0.2) is 4.98 Å². The molecule has 4 heteroatoms. The fourth-order valence-electron chi connectivity index (χ4n) is 1.89. The van der Waals surface area contributed by atoms with E-state index in [1.807, 2.05) is 47.1 Å². The first-order chi connectivity index (χ1) is 8.78. The molecule has 0 N–H and O–H groups in total. The predicted octanol–water partition coefficient (Wildman–Crippen LogP) is 3.58. The van der Waals surface area contributed by atoms with Crippen LogP contribution in [0.2, 0.25) is 0 Å². The number of benzene rings is 1. The van der Waals surface area contributed by atoms with Crippen LogP contribution in [0.15, 0.2) is 53.3 Å². The molecule has 2 heterocycles. The van der Waals surface area contributed by atoms with Crippen LogP contribution in [-0.4, -0.2) is 15.7 Å². The average Bonchev–Trinajstić information content (AvgIpc) is 2.83. The van der Waals surface area contributed by atoms with Crippen molar-refractivity contribution in [1.29, 1.82) is 0 Å². The second-order valence-corrected chi connectivity index (χ2v) is 4.86. The molecule has 18 heavy (non-hydrogen) atoms. The highest BCUT2D eigenvalue weighted by molar-refractivity contribution is 9.10. The van der Waals surface area contributed by atoms with E-state index >= 15 is 0 Å². The van der Waals surface area contributed by atoms with Crippen LogP contribution in [0.25, 0.3) is 16.9 Å². The topological polar surface area (TPSA) is 34.4 Å². The van der Waals surface area contributed by atoms with E-state index in [0.29, 0.717) is 11.2 Å². The first kappa shape index (κ1) is 11.2. The van der Waals surface area contributed by atoms with Gasteiger partial charge in [-0.15, -0.1) is 0 Å².